The lowest BCUT2D eigenvalue weighted by molar-refractivity contribution is -0.0212. The summed E-state index contributed by atoms with van der Waals surface area (Å²) in [5.74, 6) is -1.32. The SMILES string of the molecule is [2H]c1c([2H])c(C([2H])([2H])N2C([2H])([2H])C([2H])([2H])OC([2H])(C)C2([2H])[2H])c([2H])c(F)c1C(C)(C)C. The molecule has 0 N–H and O–H groups in total. The lowest BCUT2D eigenvalue weighted by Crippen LogP contribution is -2.40. The lowest BCUT2D eigenvalue weighted by Gasteiger charge is -2.31. The summed E-state index contributed by atoms with van der Waals surface area (Å²) in [5, 5.41) is 0. The fourth-order valence-electron chi connectivity index (χ4n) is 1.48. The van der Waals surface area contributed by atoms with Crippen molar-refractivity contribution in [1.82, 2.24) is 4.90 Å². The van der Waals surface area contributed by atoms with Gasteiger partial charge in [0.15, 0.2) is 0 Å². The maximum Gasteiger partial charge on any atom is 0.127 e. The van der Waals surface area contributed by atoms with E-state index >= 15 is 4.39 Å². The molecular formula is C16H24FNO. The molecule has 1 heterocycles. The summed E-state index contributed by atoms with van der Waals surface area (Å²) in [6.45, 7) is -8.46. The maximum absolute atomic E-state index is 15.1. The van der Waals surface area contributed by atoms with E-state index in [4.69, 9.17) is 16.4 Å². The van der Waals surface area contributed by atoms with E-state index in [9.17, 15) is 0 Å². The second-order valence-electron chi connectivity index (χ2n) is 5.12. The first-order valence-electron chi connectivity index (χ1n) is 11.8. The zero-order valence-electron chi connectivity index (χ0n) is 23.2. The van der Waals surface area contributed by atoms with Crippen molar-refractivity contribution in [3.8, 4) is 0 Å². The molecule has 2 nitrogen and oxygen atoms in total. The molecule has 0 aliphatic carbocycles. The quantitative estimate of drug-likeness (QED) is 0.822. The third-order valence-corrected chi connectivity index (χ3v) is 2.37. The van der Waals surface area contributed by atoms with E-state index in [2.05, 4.69) is 4.74 Å². The van der Waals surface area contributed by atoms with Gasteiger partial charge in [-0.3, -0.25) is 4.90 Å². The van der Waals surface area contributed by atoms with E-state index < -0.39 is 67.1 Å². The minimum atomic E-state index is -3.55. The summed E-state index contributed by atoms with van der Waals surface area (Å²) in [4.78, 5) is -0.287. The molecule has 1 saturated heterocycles. The van der Waals surface area contributed by atoms with Crippen molar-refractivity contribution in [2.45, 2.75) is 45.7 Å². The number of hydrogen-bond donors (Lipinski definition) is 0. The fraction of sp³-hybridized carbons (Fsp3) is 0.625. The number of benzene rings is 1. The van der Waals surface area contributed by atoms with Crippen molar-refractivity contribution in [3.05, 3.63) is 35.1 Å². The first-order valence-corrected chi connectivity index (χ1v) is 5.77. The summed E-state index contributed by atoms with van der Waals surface area (Å²) in [6.07, 6.45) is -2.83. The number of morpholine rings is 1. The van der Waals surface area contributed by atoms with Crippen molar-refractivity contribution in [2.75, 3.05) is 19.6 Å². The molecular weight excluding hydrogens is 241 g/mol. The number of hydrogen-bond acceptors (Lipinski definition) is 2. The van der Waals surface area contributed by atoms with E-state index in [0.717, 1.165) is 6.92 Å². The van der Waals surface area contributed by atoms with Gasteiger partial charge < -0.3 is 4.74 Å². The van der Waals surface area contributed by atoms with Gasteiger partial charge in [0.05, 0.1) is 20.9 Å². The van der Waals surface area contributed by atoms with Gasteiger partial charge in [-0.2, -0.15) is 0 Å². The number of nitrogens with zero attached hydrogens (tertiary/aromatic N) is 1. The molecule has 3 heteroatoms. The standard InChI is InChI=1S/C16H24FNO/c1-12-10-18(7-8-19-12)11-13-5-6-14(15(17)9-13)16(2,3)4/h5-6,9,12H,7-8,10-11H2,1-4H3/i5D,6D,7D2,8D2,9D,10D2,11D2,12D. The molecule has 0 aromatic heterocycles. The molecule has 1 atom stereocenters. The summed E-state index contributed by atoms with van der Waals surface area (Å²) < 4.78 is 117. The highest BCUT2D eigenvalue weighted by Gasteiger charge is 2.20. The van der Waals surface area contributed by atoms with Gasteiger partial charge in [-0.25, -0.2) is 4.39 Å². The molecule has 0 amide bonds. The first-order chi connectivity index (χ1) is 13.5. The molecule has 1 aliphatic heterocycles. The van der Waals surface area contributed by atoms with E-state index in [1.807, 2.05) is 0 Å². The van der Waals surface area contributed by atoms with Gasteiger partial charge in [-0.1, -0.05) is 32.9 Å². The second kappa shape index (κ2) is 5.59. The Bertz CT molecular complexity index is 854. The van der Waals surface area contributed by atoms with Gasteiger partial charge in [0.2, 0.25) is 0 Å². The highest BCUT2D eigenvalue weighted by molar-refractivity contribution is 5.29. The Balaban J connectivity index is 2.94. The van der Waals surface area contributed by atoms with E-state index in [0.29, 0.717) is 0 Å². The minimum Gasteiger partial charge on any atom is -0.376 e. The molecule has 1 aromatic rings. The zero-order valence-corrected chi connectivity index (χ0v) is 11.2. The Morgan fingerprint density at radius 1 is 1.63 bits per heavy atom. The highest BCUT2D eigenvalue weighted by atomic mass is 19.1. The largest absolute Gasteiger partial charge is 0.376 e. The Morgan fingerprint density at radius 3 is 3.05 bits per heavy atom. The monoisotopic (exact) mass is 277 g/mol. The summed E-state index contributed by atoms with van der Waals surface area (Å²) in [5.41, 5.74) is -2.52. The lowest BCUT2D eigenvalue weighted by atomic mass is 9.86. The molecule has 0 spiro atoms. The maximum atomic E-state index is 15.1. The first kappa shape index (κ1) is 5.45. The third kappa shape index (κ3) is 3.77. The Kier molecular flexibility index (Phi) is 1.61. The summed E-state index contributed by atoms with van der Waals surface area (Å²) >= 11 is 0. The fourth-order valence-corrected chi connectivity index (χ4v) is 1.48. The molecule has 106 valence electrons. The summed E-state index contributed by atoms with van der Waals surface area (Å²) in [6, 6.07) is -2.90. The second-order valence-corrected chi connectivity index (χ2v) is 5.12. The molecule has 1 unspecified atom stereocenters. The average Bonchev–Trinajstić information content (AvgIpc) is 2.48. The molecule has 2 rings (SSSR count). The van der Waals surface area contributed by atoms with Crippen LogP contribution in [0.3, 0.4) is 0 Å². The van der Waals surface area contributed by atoms with Crippen molar-refractivity contribution < 1.29 is 25.6 Å². The van der Waals surface area contributed by atoms with Crippen LogP contribution in [0.4, 0.5) is 4.39 Å². The van der Waals surface area contributed by atoms with Crippen molar-refractivity contribution in [2.24, 2.45) is 0 Å². The van der Waals surface area contributed by atoms with E-state index in [-0.39, 0.29) is 10.5 Å². The predicted molar refractivity (Wildman–Crippen MR) is 75.8 cm³/mol. The smallest absolute Gasteiger partial charge is 0.127 e. The topological polar surface area (TPSA) is 12.5 Å². The van der Waals surface area contributed by atoms with Gasteiger partial charge in [0.25, 0.3) is 0 Å². The van der Waals surface area contributed by atoms with Crippen LogP contribution in [-0.2, 0) is 16.6 Å². The molecule has 19 heavy (non-hydrogen) atoms. The van der Waals surface area contributed by atoms with E-state index in [1.165, 1.54) is 20.8 Å². The highest BCUT2D eigenvalue weighted by Crippen LogP contribution is 2.26. The van der Waals surface area contributed by atoms with E-state index in [1.54, 1.807) is 0 Å². The number of ether oxygens (including phenoxy) is 1. The molecule has 0 saturated carbocycles. The zero-order chi connectivity index (χ0) is 24.7. The molecule has 0 bridgehead atoms. The third-order valence-electron chi connectivity index (χ3n) is 2.37. The van der Waals surface area contributed by atoms with Gasteiger partial charge in [-0.15, -0.1) is 0 Å². The Hall–Kier alpha value is -0.930. The van der Waals surface area contributed by atoms with Crippen molar-refractivity contribution in [3.63, 3.8) is 0 Å². The van der Waals surface area contributed by atoms with Crippen LogP contribution in [0.2, 0.25) is 0 Å². The van der Waals surface area contributed by atoms with Crippen LogP contribution in [0.1, 0.15) is 55.3 Å². The molecule has 1 aromatic carbocycles. The van der Waals surface area contributed by atoms with Crippen LogP contribution < -0.4 is 0 Å². The van der Waals surface area contributed by atoms with Crippen molar-refractivity contribution in [1.29, 1.82) is 0 Å². The van der Waals surface area contributed by atoms with Crippen molar-refractivity contribution >= 4 is 0 Å². The van der Waals surface area contributed by atoms with Gasteiger partial charge >= 0.3 is 0 Å². The average molecular weight is 277 g/mol. The van der Waals surface area contributed by atoms with Gasteiger partial charge in [-0.05, 0) is 29.5 Å². The Morgan fingerprint density at radius 2 is 2.37 bits per heavy atom. The molecule has 1 fully saturated rings. The minimum absolute atomic E-state index is 0.287. The van der Waals surface area contributed by atoms with Crippen LogP contribution >= 0.6 is 0 Å². The van der Waals surface area contributed by atoms with Crippen LogP contribution in [0.15, 0.2) is 18.1 Å². The normalized spacial score (nSPS) is 43.4. The number of halogens is 1. The van der Waals surface area contributed by atoms with Crippen LogP contribution in [0, 0.1) is 5.82 Å². The number of rotatable bonds is 2. The van der Waals surface area contributed by atoms with Gasteiger partial charge in [0, 0.05) is 27.7 Å². The van der Waals surface area contributed by atoms with Crippen LogP contribution in [0.5, 0.6) is 0 Å². The van der Waals surface area contributed by atoms with Crippen LogP contribution in [0.25, 0.3) is 0 Å². The molecule has 0 radical (unpaired) electrons. The molecule has 1 aliphatic rings. The van der Waals surface area contributed by atoms with Gasteiger partial charge in [0.1, 0.15) is 5.82 Å². The summed E-state index contributed by atoms with van der Waals surface area (Å²) in [7, 11) is 0. The Labute approximate surface area is 132 Å². The predicted octanol–water partition coefficient (Wildman–Crippen LogP) is 3.34. The van der Waals surface area contributed by atoms with Crippen LogP contribution in [-0.4, -0.2) is 30.5 Å².